The van der Waals surface area contributed by atoms with Crippen molar-refractivity contribution in [1.29, 1.82) is 0 Å². The Bertz CT molecular complexity index is 132. The summed E-state index contributed by atoms with van der Waals surface area (Å²) in [6.07, 6.45) is 11.7. The van der Waals surface area contributed by atoms with Gasteiger partial charge in [0.15, 0.2) is 0 Å². The van der Waals surface area contributed by atoms with Gasteiger partial charge in [-0.25, -0.2) is 5.32 Å². The molecule has 2 saturated carbocycles. The van der Waals surface area contributed by atoms with Crippen LogP contribution in [0.1, 0.15) is 51.4 Å². The van der Waals surface area contributed by atoms with E-state index in [0.717, 1.165) is 11.8 Å². The van der Waals surface area contributed by atoms with Crippen LogP contribution in [0.15, 0.2) is 0 Å². The van der Waals surface area contributed by atoms with Crippen molar-refractivity contribution in [2.45, 2.75) is 51.4 Å². The van der Waals surface area contributed by atoms with Crippen molar-refractivity contribution in [2.24, 2.45) is 11.8 Å². The Kier molecular flexibility index (Phi) is 3.65. The number of rotatable bonds is 4. The van der Waals surface area contributed by atoms with E-state index in [1.807, 2.05) is 0 Å². The highest BCUT2D eigenvalue weighted by Crippen LogP contribution is 2.28. The van der Waals surface area contributed by atoms with Gasteiger partial charge in [-0.3, -0.25) is 0 Å². The van der Waals surface area contributed by atoms with Crippen molar-refractivity contribution >= 4 is 0 Å². The van der Waals surface area contributed by atoms with Gasteiger partial charge >= 0.3 is 0 Å². The van der Waals surface area contributed by atoms with E-state index in [0.29, 0.717) is 0 Å². The molecule has 0 amide bonds. The van der Waals surface area contributed by atoms with Gasteiger partial charge in [-0.05, 0) is 37.5 Å². The quantitative estimate of drug-likeness (QED) is 0.591. The molecule has 1 nitrogen and oxygen atoms in total. The molecular weight excluding hydrogens is 158 g/mol. The molecule has 1 radical (unpaired) electrons. The molecular formula is C12H22N. The van der Waals surface area contributed by atoms with Gasteiger partial charge in [-0.2, -0.15) is 0 Å². The maximum atomic E-state index is 4.70. The Balaban J connectivity index is 1.55. The van der Waals surface area contributed by atoms with Crippen LogP contribution < -0.4 is 5.32 Å². The monoisotopic (exact) mass is 180 g/mol. The molecule has 0 saturated heterocycles. The first kappa shape index (κ1) is 9.51. The second kappa shape index (κ2) is 4.99. The lowest BCUT2D eigenvalue weighted by Gasteiger charge is -2.12. The largest absolute Gasteiger partial charge is 0.241 e. The maximum Gasteiger partial charge on any atom is 0.0161 e. The molecule has 75 valence electrons. The minimum absolute atomic E-state index is 0.946. The molecule has 0 aromatic rings. The molecule has 13 heavy (non-hydrogen) atoms. The predicted molar refractivity (Wildman–Crippen MR) is 55.8 cm³/mol. The third kappa shape index (κ3) is 3.68. The Hall–Kier alpha value is -0.0400. The van der Waals surface area contributed by atoms with Gasteiger partial charge in [0.25, 0.3) is 0 Å². The highest BCUT2D eigenvalue weighted by Gasteiger charge is 2.21. The second-order valence-electron chi connectivity index (χ2n) is 4.89. The lowest BCUT2D eigenvalue weighted by Crippen LogP contribution is -2.18. The predicted octanol–water partition coefficient (Wildman–Crippen LogP) is 2.97. The molecule has 0 bridgehead atoms. The summed E-state index contributed by atoms with van der Waals surface area (Å²) in [4.78, 5) is 0. The second-order valence-corrected chi connectivity index (χ2v) is 4.89. The molecule has 0 N–H and O–H groups in total. The summed E-state index contributed by atoms with van der Waals surface area (Å²) < 4.78 is 0. The van der Waals surface area contributed by atoms with E-state index in [2.05, 4.69) is 0 Å². The SMILES string of the molecule is C1CCCC(C[N]CC2CC2)CC1. The highest BCUT2D eigenvalue weighted by molar-refractivity contribution is 4.76. The average Bonchev–Trinajstić information content (AvgIpc) is 2.91. The van der Waals surface area contributed by atoms with Crippen LogP contribution in [0.3, 0.4) is 0 Å². The topological polar surface area (TPSA) is 14.1 Å². The van der Waals surface area contributed by atoms with Gasteiger partial charge in [0.2, 0.25) is 0 Å². The fourth-order valence-corrected chi connectivity index (χ4v) is 2.29. The van der Waals surface area contributed by atoms with Crippen molar-refractivity contribution in [3.05, 3.63) is 0 Å². The Morgan fingerprint density at radius 2 is 1.23 bits per heavy atom. The first-order chi connectivity index (χ1) is 6.45. The summed E-state index contributed by atoms with van der Waals surface area (Å²) in [5, 5.41) is 4.70. The van der Waals surface area contributed by atoms with Gasteiger partial charge in [0.1, 0.15) is 0 Å². The zero-order valence-electron chi connectivity index (χ0n) is 8.67. The fourth-order valence-electron chi connectivity index (χ4n) is 2.29. The Morgan fingerprint density at radius 1 is 0.692 bits per heavy atom. The van der Waals surface area contributed by atoms with E-state index in [-0.39, 0.29) is 0 Å². The van der Waals surface area contributed by atoms with Crippen LogP contribution in [0.2, 0.25) is 0 Å². The van der Waals surface area contributed by atoms with Crippen molar-refractivity contribution in [2.75, 3.05) is 13.1 Å². The molecule has 0 aromatic heterocycles. The summed E-state index contributed by atoms with van der Waals surface area (Å²) in [5.74, 6) is 1.94. The molecule has 0 aliphatic heterocycles. The maximum absolute atomic E-state index is 4.70. The molecule has 2 fully saturated rings. The van der Waals surface area contributed by atoms with Crippen LogP contribution in [0.25, 0.3) is 0 Å². The highest BCUT2D eigenvalue weighted by atomic mass is 14.9. The number of hydrogen-bond donors (Lipinski definition) is 0. The fraction of sp³-hybridized carbons (Fsp3) is 1.00. The van der Waals surface area contributed by atoms with Gasteiger partial charge in [-0.15, -0.1) is 0 Å². The van der Waals surface area contributed by atoms with E-state index in [1.54, 1.807) is 0 Å². The molecule has 2 aliphatic rings. The van der Waals surface area contributed by atoms with Gasteiger partial charge in [-0.1, -0.05) is 25.7 Å². The van der Waals surface area contributed by atoms with Gasteiger partial charge < -0.3 is 0 Å². The number of nitrogens with zero attached hydrogens (tertiary/aromatic N) is 1. The third-order valence-electron chi connectivity index (χ3n) is 3.45. The zero-order chi connectivity index (χ0) is 8.93. The van der Waals surface area contributed by atoms with Crippen molar-refractivity contribution in [1.82, 2.24) is 5.32 Å². The first-order valence-electron chi connectivity index (χ1n) is 6.08. The van der Waals surface area contributed by atoms with Crippen LogP contribution in [0.5, 0.6) is 0 Å². The van der Waals surface area contributed by atoms with Gasteiger partial charge in [0, 0.05) is 13.1 Å². The molecule has 0 heterocycles. The molecule has 1 heteroatoms. The van der Waals surface area contributed by atoms with Crippen LogP contribution in [-0.2, 0) is 0 Å². The van der Waals surface area contributed by atoms with E-state index in [1.165, 1.54) is 64.5 Å². The smallest absolute Gasteiger partial charge is 0.0161 e. The summed E-state index contributed by atoms with van der Waals surface area (Å²) in [7, 11) is 0. The van der Waals surface area contributed by atoms with E-state index in [9.17, 15) is 0 Å². The molecule has 2 rings (SSSR count). The lowest BCUT2D eigenvalue weighted by molar-refractivity contribution is 0.417. The van der Waals surface area contributed by atoms with Crippen LogP contribution >= 0.6 is 0 Å². The summed E-state index contributed by atoms with van der Waals surface area (Å²) in [6, 6.07) is 0. The first-order valence-corrected chi connectivity index (χ1v) is 6.08. The minimum Gasteiger partial charge on any atom is -0.241 e. The average molecular weight is 180 g/mol. The molecule has 0 atom stereocenters. The van der Waals surface area contributed by atoms with Crippen molar-refractivity contribution in [3.63, 3.8) is 0 Å². The summed E-state index contributed by atoms with van der Waals surface area (Å²) in [5.41, 5.74) is 0. The number of hydrogen-bond acceptors (Lipinski definition) is 0. The van der Waals surface area contributed by atoms with E-state index < -0.39 is 0 Å². The molecule has 0 unspecified atom stereocenters. The summed E-state index contributed by atoms with van der Waals surface area (Å²) >= 11 is 0. The molecule has 0 aromatic carbocycles. The minimum atomic E-state index is 0.946. The zero-order valence-corrected chi connectivity index (χ0v) is 8.67. The van der Waals surface area contributed by atoms with Crippen molar-refractivity contribution < 1.29 is 0 Å². The summed E-state index contributed by atoms with van der Waals surface area (Å²) in [6.45, 7) is 2.35. The molecule has 2 aliphatic carbocycles. The third-order valence-corrected chi connectivity index (χ3v) is 3.45. The van der Waals surface area contributed by atoms with Crippen LogP contribution in [0, 0.1) is 11.8 Å². The van der Waals surface area contributed by atoms with Crippen LogP contribution in [0.4, 0.5) is 0 Å². The Labute approximate surface area is 82.3 Å². The van der Waals surface area contributed by atoms with Crippen LogP contribution in [-0.4, -0.2) is 13.1 Å². The lowest BCUT2D eigenvalue weighted by atomic mass is 10.0. The van der Waals surface area contributed by atoms with E-state index in [4.69, 9.17) is 5.32 Å². The van der Waals surface area contributed by atoms with Gasteiger partial charge in [0.05, 0.1) is 0 Å². The van der Waals surface area contributed by atoms with E-state index >= 15 is 0 Å². The van der Waals surface area contributed by atoms with Crippen molar-refractivity contribution in [3.8, 4) is 0 Å². The Morgan fingerprint density at radius 3 is 1.77 bits per heavy atom. The normalized spacial score (nSPS) is 25.8. The standard InChI is InChI=1S/C12H22N/c1-2-4-6-11(5-3-1)9-13-10-12-7-8-12/h11-12H,1-10H2. The molecule has 0 spiro atoms.